The van der Waals surface area contributed by atoms with Gasteiger partial charge in [0.25, 0.3) is 0 Å². The quantitative estimate of drug-likeness (QED) is 0.861. The number of benzene rings is 1. The first-order chi connectivity index (χ1) is 9.45. The van der Waals surface area contributed by atoms with Gasteiger partial charge in [-0.2, -0.15) is 13.2 Å². The molecule has 1 saturated heterocycles. The maximum Gasteiger partial charge on any atom is 0.417 e. The number of hydrogen-bond donors (Lipinski definition) is 1. The molecule has 20 heavy (non-hydrogen) atoms. The van der Waals surface area contributed by atoms with Crippen molar-refractivity contribution in [1.29, 1.82) is 0 Å². The van der Waals surface area contributed by atoms with E-state index in [1.54, 1.807) is 4.90 Å². The van der Waals surface area contributed by atoms with Crippen molar-refractivity contribution >= 4 is 12.0 Å². The molecule has 0 saturated carbocycles. The van der Waals surface area contributed by atoms with E-state index < -0.39 is 17.8 Å². The Morgan fingerprint density at radius 1 is 1.45 bits per heavy atom. The van der Waals surface area contributed by atoms with Gasteiger partial charge in [0.2, 0.25) is 0 Å². The summed E-state index contributed by atoms with van der Waals surface area (Å²) < 4.78 is 43.9. The number of halogens is 3. The number of nitrogens with zero attached hydrogens (tertiary/aromatic N) is 1. The van der Waals surface area contributed by atoms with Crippen molar-refractivity contribution in [1.82, 2.24) is 0 Å². The van der Waals surface area contributed by atoms with Gasteiger partial charge in [0.1, 0.15) is 0 Å². The zero-order valence-electron chi connectivity index (χ0n) is 10.6. The fourth-order valence-electron chi connectivity index (χ4n) is 2.15. The third kappa shape index (κ3) is 3.10. The number of hydrogen-bond acceptors (Lipinski definition) is 4. The average molecular weight is 289 g/mol. The standard InChI is InChI=1S/C13H14F3NO3/c14-13(15,16)12-5-10(2-1-9(12)7-18)17-3-4-20-11(6-17)8-19/h1-2,5,7,11,19H,3-4,6,8H2. The molecule has 1 atom stereocenters. The molecule has 1 heterocycles. The Bertz CT molecular complexity index is 490. The van der Waals surface area contributed by atoms with E-state index in [1.807, 2.05) is 0 Å². The van der Waals surface area contributed by atoms with E-state index in [0.29, 0.717) is 25.4 Å². The number of aliphatic hydroxyl groups is 1. The Hall–Kier alpha value is -1.60. The molecule has 0 radical (unpaired) electrons. The van der Waals surface area contributed by atoms with Crippen LogP contribution >= 0.6 is 0 Å². The summed E-state index contributed by atoms with van der Waals surface area (Å²) in [5, 5.41) is 9.04. The minimum atomic E-state index is -4.57. The minimum Gasteiger partial charge on any atom is -0.394 e. The van der Waals surface area contributed by atoms with E-state index in [1.165, 1.54) is 6.07 Å². The molecule has 1 aromatic rings. The summed E-state index contributed by atoms with van der Waals surface area (Å²) in [5.41, 5.74) is -0.963. The third-order valence-electron chi connectivity index (χ3n) is 3.18. The molecule has 1 aliphatic rings. The number of anilines is 1. The summed E-state index contributed by atoms with van der Waals surface area (Å²) in [6.45, 7) is 0.902. The first kappa shape index (κ1) is 14.8. The molecule has 0 bridgehead atoms. The number of carbonyl (C=O) groups excluding carboxylic acids is 1. The van der Waals surface area contributed by atoms with Gasteiger partial charge in [-0.3, -0.25) is 4.79 Å². The van der Waals surface area contributed by atoms with Gasteiger partial charge in [0.15, 0.2) is 6.29 Å². The van der Waals surface area contributed by atoms with Gasteiger partial charge in [-0.25, -0.2) is 0 Å². The molecule has 110 valence electrons. The number of aldehydes is 1. The lowest BCUT2D eigenvalue weighted by atomic mass is 10.1. The first-order valence-electron chi connectivity index (χ1n) is 6.09. The highest BCUT2D eigenvalue weighted by Crippen LogP contribution is 2.34. The van der Waals surface area contributed by atoms with Gasteiger partial charge >= 0.3 is 6.18 Å². The number of morpholine rings is 1. The molecule has 1 fully saturated rings. The molecule has 0 aromatic heterocycles. The second kappa shape index (κ2) is 5.80. The Labute approximate surface area is 113 Å². The third-order valence-corrected chi connectivity index (χ3v) is 3.18. The predicted octanol–water partition coefficient (Wildman–Crippen LogP) is 1.72. The zero-order valence-corrected chi connectivity index (χ0v) is 10.6. The van der Waals surface area contributed by atoms with E-state index in [2.05, 4.69) is 0 Å². The van der Waals surface area contributed by atoms with Crippen LogP contribution in [0.3, 0.4) is 0 Å². The van der Waals surface area contributed by atoms with E-state index in [4.69, 9.17) is 9.84 Å². The molecule has 0 aliphatic carbocycles. The lowest BCUT2D eigenvalue weighted by Crippen LogP contribution is -2.44. The van der Waals surface area contributed by atoms with Gasteiger partial charge in [0, 0.05) is 24.3 Å². The van der Waals surface area contributed by atoms with Crippen molar-refractivity contribution in [2.75, 3.05) is 31.2 Å². The Balaban J connectivity index is 2.31. The topological polar surface area (TPSA) is 49.8 Å². The second-order valence-corrected chi connectivity index (χ2v) is 4.51. The van der Waals surface area contributed by atoms with Crippen molar-refractivity contribution in [3.63, 3.8) is 0 Å². The highest BCUT2D eigenvalue weighted by atomic mass is 19.4. The summed E-state index contributed by atoms with van der Waals surface area (Å²) in [5.74, 6) is 0. The van der Waals surface area contributed by atoms with Crippen LogP contribution < -0.4 is 4.90 Å². The molecular weight excluding hydrogens is 275 g/mol. The first-order valence-corrected chi connectivity index (χ1v) is 6.09. The lowest BCUT2D eigenvalue weighted by molar-refractivity contribution is -0.137. The molecule has 7 heteroatoms. The molecule has 1 N–H and O–H groups in total. The number of ether oxygens (including phenoxy) is 1. The van der Waals surface area contributed by atoms with Crippen LogP contribution in [-0.4, -0.2) is 43.8 Å². The van der Waals surface area contributed by atoms with E-state index in [-0.39, 0.29) is 18.5 Å². The van der Waals surface area contributed by atoms with E-state index in [9.17, 15) is 18.0 Å². The Morgan fingerprint density at radius 2 is 2.20 bits per heavy atom. The normalized spacial score (nSPS) is 20.0. The molecule has 1 unspecified atom stereocenters. The van der Waals surface area contributed by atoms with Crippen molar-refractivity contribution < 1.29 is 27.8 Å². The van der Waals surface area contributed by atoms with E-state index >= 15 is 0 Å². The molecule has 2 rings (SSSR count). The van der Waals surface area contributed by atoms with Crippen LogP contribution in [0.5, 0.6) is 0 Å². The van der Waals surface area contributed by atoms with Crippen LogP contribution in [0.2, 0.25) is 0 Å². The summed E-state index contributed by atoms with van der Waals surface area (Å²) in [4.78, 5) is 12.4. The lowest BCUT2D eigenvalue weighted by Gasteiger charge is -2.34. The van der Waals surface area contributed by atoms with Crippen LogP contribution in [0.4, 0.5) is 18.9 Å². The maximum atomic E-state index is 12.9. The molecule has 0 amide bonds. The SMILES string of the molecule is O=Cc1ccc(N2CCOC(CO)C2)cc1C(F)(F)F. The molecule has 0 spiro atoms. The fraction of sp³-hybridized carbons (Fsp3) is 0.462. The second-order valence-electron chi connectivity index (χ2n) is 4.51. The summed E-state index contributed by atoms with van der Waals surface area (Å²) in [7, 11) is 0. The number of carbonyl (C=O) groups is 1. The fourth-order valence-corrected chi connectivity index (χ4v) is 2.15. The molecule has 1 aromatic carbocycles. The molecule has 4 nitrogen and oxygen atoms in total. The van der Waals surface area contributed by atoms with Gasteiger partial charge < -0.3 is 14.7 Å². The highest BCUT2D eigenvalue weighted by Gasteiger charge is 2.34. The van der Waals surface area contributed by atoms with Crippen molar-refractivity contribution in [2.24, 2.45) is 0 Å². The van der Waals surface area contributed by atoms with Crippen LogP contribution in [0.25, 0.3) is 0 Å². The zero-order chi connectivity index (χ0) is 14.8. The Kier molecular flexibility index (Phi) is 4.29. The van der Waals surface area contributed by atoms with E-state index in [0.717, 1.165) is 12.1 Å². The summed E-state index contributed by atoms with van der Waals surface area (Å²) in [6, 6.07) is 3.59. The average Bonchev–Trinajstić information content (AvgIpc) is 2.45. The maximum absolute atomic E-state index is 12.9. The number of aliphatic hydroxyl groups excluding tert-OH is 1. The van der Waals surface area contributed by atoms with Gasteiger partial charge in [-0.05, 0) is 18.2 Å². The largest absolute Gasteiger partial charge is 0.417 e. The number of alkyl halides is 3. The monoisotopic (exact) mass is 289 g/mol. The van der Waals surface area contributed by atoms with Gasteiger partial charge in [-0.15, -0.1) is 0 Å². The minimum absolute atomic E-state index is 0.185. The highest BCUT2D eigenvalue weighted by molar-refractivity contribution is 5.79. The Morgan fingerprint density at radius 3 is 2.80 bits per heavy atom. The van der Waals surface area contributed by atoms with Gasteiger partial charge in [-0.1, -0.05) is 0 Å². The predicted molar refractivity (Wildman–Crippen MR) is 65.9 cm³/mol. The van der Waals surface area contributed by atoms with Crippen molar-refractivity contribution in [3.8, 4) is 0 Å². The van der Waals surface area contributed by atoms with Crippen LogP contribution in [0, 0.1) is 0 Å². The van der Waals surface area contributed by atoms with Crippen LogP contribution in [-0.2, 0) is 10.9 Å². The van der Waals surface area contributed by atoms with Crippen molar-refractivity contribution in [3.05, 3.63) is 29.3 Å². The summed E-state index contributed by atoms with van der Waals surface area (Å²) in [6.07, 6.45) is -4.79. The number of rotatable bonds is 3. The smallest absolute Gasteiger partial charge is 0.394 e. The van der Waals surface area contributed by atoms with Crippen LogP contribution in [0.15, 0.2) is 18.2 Å². The van der Waals surface area contributed by atoms with Crippen LogP contribution in [0.1, 0.15) is 15.9 Å². The summed E-state index contributed by atoms with van der Waals surface area (Å²) >= 11 is 0. The molecule has 1 aliphatic heterocycles. The van der Waals surface area contributed by atoms with Gasteiger partial charge in [0.05, 0.1) is 24.9 Å². The molecular formula is C13H14F3NO3. The van der Waals surface area contributed by atoms with Crippen molar-refractivity contribution in [2.45, 2.75) is 12.3 Å².